The number of aromatic hydroxyl groups is 1. The van der Waals surface area contributed by atoms with Crippen LogP contribution in [0.25, 0.3) is 11.3 Å². The van der Waals surface area contributed by atoms with Crippen LogP contribution in [0.2, 0.25) is 0 Å². The number of anilines is 1. The van der Waals surface area contributed by atoms with Crippen LogP contribution in [0.5, 0.6) is 5.75 Å². The van der Waals surface area contributed by atoms with Crippen LogP contribution < -0.4 is 5.32 Å². The van der Waals surface area contributed by atoms with Gasteiger partial charge in [-0.3, -0.25) is 4.79 Å². The van der Waals surface area contributed by atoms with Gasteiger partial charge in [0.15, 0.2) is 0 Å². The minimum absolute atomic E-state index is 0. The molecule has 0 aliphatic heterocycles. The van der Waals surface area contributed by atoms with Crippen LogP contribution in [0.4, 0.5) is 14.5 Å². The van der Waals surface area contributed by atoms with E-state index in [2.05, 4.69) is 10.5 Å². The molecule has 0 aliphatic carbocycles. The SMILES string of the molecule is CCn1cc(NC(=O)CCc2onc(-c3ccc(O)cc3)c2C(F)F)c(C(=O)O)c1.[KH]. The van der Waals surface area contributed by atoms with Crippen LogP contribution in [-0.2, 0) is 17.8 Å². The van der Waals surface area contributed by atoms with Crippen LogP contribution in [-0.4, -0.2) is 83.2 Å². The van der Waals surface area contributed by atoms with Gasteiger partial charge in [-0.2, -0.15) is 0 Å². The molecule has 0 aliphatic rings. The first kappa shape index (κ1) is 25.2. The summed E-state index contributed by atoms with van der Waals surface area (Å²) >= 11 is 0. The first-order valence-corrected chi connectivity index (χ1v) is 9.09. The molecule has 1 amide bonds. The fraction of sp³-hybridized carbons (Fsp3) is 0.250. The van der Waals surface area contributed by atoms with Crippen molar-refractivity contribution in [2.24, 2.45) is 0 Å². The molecule has 3 N–H and O–H groups in total. The Bertz CT molecular complexity index is 1060. The molecule has 3 rings (SSSR count). The van der Waals surface area contributed by atoms with Crippen LogP contribution in [0, 0.1) is 0 Å². The number of carboxylic acids is 1. The molecule has 0 spiro atoms. The standard InChI is InChI=1S/C20H19F2N3O5.K.H/c1-2-25-9-13(20(28)29)14(10-25)23-16(27)8-7-15-17(19(21)22)18(24-30-15)11-3-5-12(26)6-4-11;;/h3-6,9-10,19,26H,2,7-8H2,1H3,(H,23,27)(H,28,29);;. The van der Waals surface area contributed by atoms with Gasteiger partial charge in [0.05, 0.1) is 11.3 Å². The fourth-order valence-corrected chi connectivity index (χ4v) is 2.96. The number of aromatic carboxylic acids is 1. The molecule has 0 atom stereocenters. The fourth-order valence-electron chi connectivity index (χ4n) is 2.96. The second-order valence-corrected chi connectivity index (χ2v) is 6.48. The Kier molecular flexibility index (Phi) is 8.95. The number of nitrogens with one attached hydrogen (secondary N) is 1. The van der Waals surface area contributed by atoms with Crippen molar-refractivity contribution in [2.75, 3.05) is 5.32 Å². The maximum atomic E-state index is 13.6. The summed E-state index contributed by atoms with van der Waals surface area (Å²) in [5.74, 6) is -1.89. The number of hydrogen-bond acceptors (Lipinski definition) is 5. The molecule has 11 heteroatoms. The van der Waals surface area contributed by atoms with Gasteiger partial charge >= 0.3 is 57.4 Å². The maximum absolute atomic E-state index is 13.6. The Morgan fingerprint density at radius 2 is 1.90 bits per heavy atom. The summed E-state index contributed by atoms with van der Waals surface area (Å²) < 4.78 is 33.9. The molecule has 3 aromatic rings. The molecule has 0 radical (unpaired) electrons. The summed E-state index contributed by atoms with van der Waals surface area (Å²) in [6.07, 6.45) is -0.347. The summed E-state index contributed by atoms with van der Waals surface area (Å²) in [6, 6.07) is 5.55. The predicted molar refractivity (Wildman–Crippen MR) is 110 cm³/mol. The normalized spacial score (nSPS) is 10.7. The molecular weight excluding hydrogens is 439 g/mol. The Hall–Kier alpha value is -2.05. The van der Waals surface area contributed by atoms with E-state index in [1.807, 2.05) is 6.92 Å². The average molecular weight is 459 g/mol. The Balaban J connectivity index is 0.00000341. The number of phenolic OH excluding ortho intramolecular Hbond substituents is 1. The van der Waals surface area contributed by atoms with Gasteiger partial charge in [0.25, 0.3) is 6.43 Å². The molecule has 0 fully saturated rings. The van der Waals surface area contributed by atoms with Crippen molar-refractivity contribution in [1.82, 2.24) is 9.72 Å². The molecule has 2 heterocycles. The van der Waals surface area contributed by atoms with Crippen molar-refractivity contribution in [2.45, 2.75) is 32.7 Å². The van der Waals surface area contributed by atoms with Crippen molar-refractivity contribution < 1.29 is 33.1 Å². The van der Waals surface area contributed by atoms with Crippen molar-refractivity contribution in [3.63, 3.8) is 0 Å². The van der Waals surface area contributed by atoms with E-state index in [1.54, 1.807) is 4.57 Å². The number of nitrogens with zero attached hydrogens (tertiary/aromatic N) is 2. The van der Waals surface area contributed by atoms with E-state index in [0.29, 0.717) is 12.1 Å². The number of rotatable bonds is 8. The number of carbonyl (C=O) groups excluding carboxylic acids is 1. The third-order valence-electron chi connectivity index (χ3n) is 4.49. The van der Waals surface area contributed by atoms with Gasteiger partial charge < -0.3 is 24.6 Å². The van der Waals surface area contributed by atoms with Gasteiger partial charge in [0, 0.05) is 37.3 Å². The number of aromatic nitrogens is 2. The van der Waals surface area contributed by atoms with E-state index in [0.717, 1.165) is 0 Å². The molecule has 2 aromatic heterocycles. The number of phenols is 1. The van der Waals surface area contributed by atoms with Gasteiger partial charge in [-0.05, 0) is 31.2 Å². The van der Waals surface area contributed by atoms with Gasteiger partial charge in [-0.25, -0.2) is 13.6 Å². The molecule has 0 unspecified atom stereocenters. The summed E-state index contributed by atoms with van der Waals surface area (Å²) in [7, 11) is 0. The summed E-state index contributed by atoms with van der Waals surface area (Å²) in [4.78, 5) is 23.6. The zero-order chi connectivity index (χ0) is 21.8. The van der Waals surface area contributed by atoms with E-state index in [9.17, 15) is 28.6 Å². The first-order chi connectivity index (χ1) is 14.3. The third kappa shape index (κ3) is 6.01. The van der Waals surface area contributed by atoms with Crippen LogP contribution in [0.1, 0.15) is 41.5 Å². The van der Waals surface area contributed by atoms with E-state index >= 15 is 0 Å². The molecule has 0 saturated heterocycles. The minimum atomic E-state index is -2.88. The van der Waals surface area contributed by atoms with E-state index < -0.39 is 23.9 Å². The molecule has 0 saturated carbocycles. The summed E-state index contributed by atoms with van der Waals surface area (Å²) in [5.41, 5.74) is -0.0708. The number of hydrogen-bond donors (Lipinski definition) is 3. The van der Waals surface area contributed by atoms with E-state index in [4.69, 9.17) is 4.52 Å². The van der Waals surface area contributed by atoms with E-state index in [1.165, 1.54) is 36.7 Å². The number of aryl methyl sites for hydroxylation is 2. The van der Waals surface area contributed by atoms with Gasteiger partial charge in [-0.15, -0.1) is 0 Å². The van der Waals surface area contributed by atoms with Crippen LogP contribution >= 0.6 is 0 Å². The van der Waals surface area contributed by atoms with Crippen molar-refractivity contribution in [3.05, 3.63) is 53.5 Å². The molecule has 0 bridgehead atoms. The molecule has 8 nitrogen and oxygen atoms in total. The molecular formula is C20H20F2KN3O5. The molecule has 31 heavy (non-hydrogen) atoms. The monoisotopic (exact) mass is 459 g/mol. The number of alkyl halides is 2. The van der Waals surface area contributed by atoms with Gasteiger partial charge in [0.1, 0.15) is 22.8 Å². The Morgan fingerprint density at radius 1 is 1.23 bits per heavy atom. The number of benzene rings is 1. The second kappa shape index (κ2) is 11.0. The first-order valence-electron chi connectivity index (χ1n) is 9.09. The summed E-state index contributed by atoms with van der Waals surface area (Å²) in [6.45, 7) is 2.34. The molecule has 1 aromatic carbocycles. The average Bonchev–Trinajstić information content (AvgIpc) is 3.31. The number of halogens is 2. The molecule has 160 valence electrons. The summed E-state index contributed by atoms with van der Waals surface area (Å²) in [5, 5.41) is 24.8. The Labute approximate surface area is 218 Å². The van der Waals surface area contributed by atoms with Crippen LogP contribution in [0.3, 0.4) is 0 Å². The van der Waals surface area contributed by atoms with Crippen molar-refractivity contribution in [1.29, 1.82) is 0 Å². The number of carboxylic acid groups (broad SMARTS) is 1. The quantitative estimate of drug-likeness (QED) is 0.444. The van der Waals surface area contributed by atoms with E-state index in [-0.39, 0.29) is 92.7 Å². The zero-order valence-corrected chi connectivity index (χ0v) is 15.9. The van der Waals surface area contributed by atoms with Gasteiger partial charge in [0.2, 0.25) is 5.91 Å². The topological polar surface area (TPSA) is 118 Å². The predicted octanol–water partition coefficient (Wildman–Crippen LogP) is 3.43. The Morgan fingerprint density at radius 3 is 2.48 bits per heavy atom. The van der Waals surface area contributed by atoms with Gasteiger partial charge in [-0.1, -0.05) is 5.16 Å². The number of amides is 1. The van der Waals surface area contributed by atoms with Crippen molar-refractivity contribution >= 4 is 68.9 Å². The second-order valence-electron chi connectivity index (χ2n) is 6.48. The van der Waals surface area contributed by atoms with Crippen LogP contribution in [0.15, 0.2) is 41.2 Å². The zero-order valence-electron chi connectivity index (χ0n) is 15.9. The number of carbonyl (C=O) groups is 2. The third-order valence-corrected chi connectivity index (χ3v) is 4.49. The van der Waals surface area contributed by atoms with Crippen molar-refractivity contribution in [3.8, 4) is 17.0 Å².